The second kappa shape index (κ2) is 3.20. The van der Waals surface area contributed by atoms with Crippen LogP contribution in [0.5, 0.6) is 0 Å². The van der Waals surface area contributed by atoms with E-state index in [4.69, 9.17) is 4.55 Å². The molecule has 0 bridgehead atoms. The zero-order valence-corrected chi connectivity index (χ0v) is 6.73. The number of hydrogen-bond donors (Lipinski definition) is 1. The zero-order chi connectivity index (χ0) is 9.30. The first-order valence-electron chi connectivity index (χ1n) is 2.83. The fraction of sp³-hybridized carbons (Fsp3) is 0.200. The SMILES string of the molecule is Cc1c(F)nc(F)nc1S(=O)O. The van der Waals surface area contributed by atoms with Crippen LogP contribution in [0.15, 0.2) is 5.03 Å². The van der Waals surface area contributed by atoms with Gasteiger partial charge in [-0.05, 0) is 6.92 Å². The molecule has 1 heterocycles. The first kappa shape index (κ1) is 9.14. The van der Waals surface area contributed by atoms with Gasteiger partial charge in [-0.15, -0.1) is 0 Å². The fourth-order valence-electron chi connectivity index (χ4n) is 0.616. The van der Waals surface area contributed by atoms with Crippen molar-refractivity contribution in [3.8, 4) is 0 Å². The second-order valence-electron chi connectivity index (χ2n) is 1.96. The van der Waals surface area contributed by atoms with E-state index in [0.29, 0.717) is 0 Å². The van der Waals surface area contributed by atoms with Crippen molar-refractivity contribution in [2.45, 2.75) is 11.9 Å². The van der Waals surface area contributed by atoms with Crippen LogP contribution in [-0.4, -0.2) is 18.7 Å². The van der Waals surface area contributed by atoms with E-state index in [1.165, 1.54) is 6.92 Å². The summed E-state index contributed by atoms with van der Waals surface area (Å²) in [5.41, 5.74) is -0.225. The Morgan fingerprint density at radius 3 is 2.50 bits per heavy atom. The fourth-order valence-corrected chi connectivity index (χ4v) is 1.12. The van der Waals surface area contributed by atoms with E-state index in [-0.39, 0.29) is 5.56 Å². The predicted octanol–water partition coefficient (Wildman–Crippen LogP) is 0.644. The molecular formula is C5H4F2N2O2S. The summed E-state index contributed by atoms with van der Waals surface area (Å²) in [6.45, 7) is 1.19. The quantitative estimate of drug-likeness (QED) is 0.405. The lowest BCUT2D eigenvalue weighted by molar-refractivity contribution is 0.457. The van der Waals surface area contributed by atoms with Gasteiger partial charge in [0, 0.05) is 5.56 Å². The smallest absolute Gasteiger partial charge is 0.301 e. The summed E-state index contributed by atoms with van der Waals surface area (Å²) in [6.07, 6.45) is -1.35. The molecule has 1 rings (SSSR count). The summed E-state index contributed by atoms with van der Waals surface area (Å²) < 4.78 is 43.7. The first-order chi connectivity index (χ1) is 5.52. The van der Waals surface area contributed by atoms with Crippen LogP contribution < -0.4 is 0 Å². The van der Waals surface area contributed by atoms with Gasteiger partial charge in [0.1, 0.15) is 0 Å². The van der Waals surface area contributed by atoms with Crippen LogP contribution in [0.2, 0.25) is 0 Å². The molecule has 0 saturated heterocycles. The van der Waals surface area contributed by atoms with Crippen molar-refractivity contribution in [1.29, 1.82) is 0 Å². The summed E-state index contributed by atoms with van der Waals surface area (Å²) in [4.78, 5) is 5.69. The highest BCUT2D eigenvalue weighted by Gasteiger charge is 2.14. The molecule has 0 spiro atoms. The number of aromatic nitrogens is 2. The van der Waals surface area contributed by atoms with Gasteiger partial charge in [-0.1, -0.05) is 0 Å². The van der Waals surface area contributed by atoms with Crippen molar-refractivity contribution in [3.05, 3.63) is 17.6 Å². The molecule has 7 heteroatoms. The summed E-state index contributed by atoms with van der Waals surface area (Å²) >= 11 is -2.49. The summed E-state index contributed by atoms with van der Waals surface area (Å²) in [6, 6.07) is 0. The van der Waals surface area contributed by atoms with Crippen molar-refractivity contribution >= 4 is 11.1 Å². The predicted molar refractivity (Wildman–Crippen MR) is 35.7 cm³/mol. The number of rotatable bonds is 1. The van der Waals surface area contributed by atoms with E-state index in [2.05, 4.69) is 9.97 Å². The standard InChI is InChI=1S/C5H4F2N2O2S/c1-2-3(6)8-5(7)9-4(2)12(10)11/h1H3,(H,10,11). The molecule has 1 atom stereocenters. The minimum absolute atomic E-state index is 0.225. The van der Waals surface area contributed by atoms with Crippen LogP contribution in [0.4, 0.5) is 8.78 Å². The average Bonchev–Trinajstić information content (AvgIpc) is 1.96. The van der Waals surface area contributed by atoms with Gasteiger partial charge in [-0.25, -0.2) is 4.21 Å². The minimum atomic E-state index is -2.49. The Labute approximate surface area is 68.9 Å². The molecule has 0 aliphatic rings. The van der Waals surface area contributed by atoms with E-state index < -0.39 is 28.1 Å². The Kier molecular flexibility index (Phi) is 2.43. The summed E-state index contributed by atoms with van der Waals surface area (Å²) in [5.74, 6) is -1.13. The third-order valence-electron chi connectivity index (χ3n) is 1.18. The molecule has 1 aromatic rings. The van der Waals surface area contributed by atoms with Gasteiger partial charge in [0.15, 0.2) is 5.03 Å². The van der Waals surface area contributed by atoms with Crippen molar-refractivity contribution in [2.24, 2.45) is 0 Å². The van der Waals surface area contributed by atoms with Crippen molar-refractivity contribution in [2.75, 3.05) is 0 Å². The maximum atomic E-state index is 12.6. The van der Waals surface area contributed by atoms with E-state index in [1.807, 2.05) is 0 Å². The van der Waals surface area contributed by atoms with Gasteiger partial charge >= 0.3 is 6.08 Å². The maximum Gasteiger partial charge on any atom is 0.312 e. The monoisotopic (exact) mass is 194 g/mol. The van der Waals surface area contributed by atoms with Crippen LogP contribution in [-0.2, 0) is 11.1 Å². The van der Waals surface area contributed by atoms with Crippen LogP contribution in [0.1, 0.15) is 5.56 Å². The van der Waals surface area contributed by atoms with E-state index in [1.54, 1.807) is 0 Å². The summed E-state index contributed by atoms with van der Waals surface area (Å²) in [7, 11) is 0. The lowest BCUT2D eigenvalue weighted by Crippen LogP contribution is -2.05. The highest BCUT2D eigenvalue weighted by atomic mass is 32.2. The van der Waals surface area contributed by atoms with Crippen molar-refractivity contribution in [3.63, 3.8) is 0 Å². The van der Waals surface area contributed by atoms with Gasteiger partial charge in [0.2, 0.25) is 17.0 Å². The highest BCUT2D eigenvalue weighted by Crippen LogP contribution is 2.10. The molecule has 12 heavy (non-hydrogen) atoms. The number of hydrogen-bond acceptors (Lipinski definition) is 3. The molecule has 0 aliphatic carbocycles. The molecule has 0 amide bonds. The largest absolute Gasteiger partial charge is 0.312 e. The Balaban J connectivity index is 3.37. The van der Waals surface area contributed by atoms with Gasteiger partial charge in [-0.2, -0.15) is 18.7 Å². The van der Waals surface area contributed by atoms with Crippen molar-refractivity contribution < 1.29 is 17.5 Å². The minimum Gasteiger partial charge on any atom is -0.301 e. The van der Waals surface area contributed by atoms with E-state index in [9.17, 15) is 13.0 Å². The molecule has 1 unspecified atom stereocenters. The molecular weight excluding hydrogens is 190 g/mol. The van der Waals surface area contributed by atoms with Crippen LogP contribution >= 0.6 is 0 Å². The van der Waals surface area contributed by atoms with Crippen LogP contribution in [0, 0.1) is 18.9 Å². The normalized spacial score (nSPS) is 13.0. The van der Waals surface area contributed by atoms with Crippen LogP contribution in [0.3, 0.4) is 0 Å². The third-order valence-corrected chi connectivity index (χ3v) is 1.91. The summed E-state index contributed by atoms with van der Waals surface area (Å²) in [5, 5.41) is -0.542. The lowest BCUT2D eigenvalue weighted by atomic mass is 10.4. The number of nitrogens with zero attached hydrogens (tertiary/aromatic N) is 2. The Hall–Kier alpha value is -0.950. The molecule has 0 fully saturated rings. The first-order valence-corrected chi connectivity index (χ1v) is 3.93. The molecule has 0 saturated carbocycles. The second-order valence-corrected chi connectivity index (χ2v) is 2.85. The lowest BCUT2D eigenvalue weighted by Gasteiger charge is -1.99. The van der Waals surface area contributed by atoms with E-state index >= 15 is 0 Å². The highest BCUT2D eigenvalue weighted by molar-refractivity contribution is 7.79. The molecule has 1 N–H and O–H groups in total. The number of halogens is 2. The molecule has 0 aromatic carbocycles. The van der Waals surface area contributed by atoms with Gasteiger partial charge in [0.25, 0.3) is 0 Å². The van der Waals surface area contributed by atoms with Gasteiger partial charge in [-0.3, -0.25) is 0 Å². The van der Waals surface area contributed by atoms with Gasteiger partial charge in [0.05, 0.1) is 0 Å². The topological polar surface area (TPSA) is 63.1 Å². The Morgan fingerprint density at radius 2 is 2.00 bits per heavy atom. The maximum absolute atomic E-state index is 12.6. The molecule has 66 valence electrons. The molecule has 0 radical (unpaired) electrons. The van der Waals surface area contributed by atoms with Gasteiger partial charge < -0.3 is 4.55 Å². The molecule has 1 aromatic heterocycles. The molecule has 4 nitrogen and oxygen atoms in total. The van der Waals surface area contributed by atoms with E-state index in [0.717, 1.165) is 0 Å². The average molecular weight is 194 g/mol. The zero-order valence-electron chi connectivity index (χ0n) is 5.91. The Morgan fingerprint density at radius 1 is 1.42 bits per heavy atom. The Bertz CT molecular complexity index is 344. The van der Waals surface area contributed by atoms with Crippen molar-refractivity contribution in [1.82, 2.24) is 9.97 Å². The molecule has 0 aliphatic heterocycles. The van der Waals surface area contributed by atoms with Crippen LogP contribution in [0.25, 0.3) is 0 Å². The third kappa shape index (κ3) is 1.62.